The number of rotatable bonds is 5. The van der Waals surface area contributed by atoms with Crippen molar-refractivity contribution in [1.29, 1.82) is 0 Å². The number of ether oxygens (including phenoxy) is 1. The fourth-order valence-electron chi connectivity index (χ4n) is 1.60. The fraction of sp³-hybridized carbons (Fsp3) is 0.250. The second kappa shape index (κ2) is 5.78. The van der Waals surface area contributed by atoms with Gasteiger partial charge in [0.15, 0.2) is 0 Å². The number of nitrogens with two attached hydrogens (primary N) is 1. The van der Waals surface area contributed by atoms with Crippen molar-refractivity contribution in [3.05, 3.63) is 34.3 Å². The van der Waals surface area contributed by atoms with Crippen LogP contribution in [0.5, 0.6) is 5.75 Å². The summed E-state index contributed by atoms with van der Waals surface area (Å²) in [5, 5.41) is 0.715. The first kappa shape index (κ1) is 14.8. The summed E-state index contributed by atoms with van der Waals surface area (Å²) in [5.41, 5.74) is 5.99. The molecule has 1 aromatic heterocycles. The Hall–Kier alpha value is -1.64. The third kappa shape index (κ3) is 3.27. The lowest BCUT2D eigenvalue weighted by molar-refractivity contribution is 0.416. The van der Waals surface area contributed by atoms with Crippen LogP contribution in [0.2, 0.25) is 0 Å². The van der Waals surface area contributed by atoms with Gasteiger partial charge in [0.2, 0.25) is 10.0 Å². The van der Waals surface area contributed by atoms with Gasteiger partial charge < -0.3 is 10.5 Å². The van der Waals surface area contributed by atoms with Crippen molar-refractivity contribution in [3.63, 3.8) is 0 Å². The van der Waals surface area contributed by atoms with Gasteiger partial charge in [-0.15, -0.1) is 11.3 Å². The average molecular weight is 313 g/mol. The molecule has 0 fully saturated rings. The van der Waals surface area contributed by atoms with Crippen LogP contribution in [-0.2, 0) is 16.6 Å². The van der Waals surface area contributed by atoms with E-state index in [-0.39, 0.29) is 17.1 Å². The molecule has 0 aliphatic carbocycles. The van der Waals surface area contributed by atoms with Crippen molar-refractivity contribution in [2.75, 3.05) is 12.8 Å². The summed E-state index contributed by atoms with van der Waals surface area (Å²) < 4.78 is 31.8. The molecular weight excluding hydrogens is 298 g/mol. The van der Waals surface area contributed by atoms with Crippen LogP contribution in [0.4, 0.5) is 5.69 Å². The molecule has 2 aromatic rings. The minimum Gasteiger partial charge on any atom is -0.495 e. The minimum absolute atomic E-state index is 0.101. The summed E-state index contributed by atoms with van der Waals surface area (Å²) in [4.78, 5) is 5.24. The molecule has 0 saturated heterocycles. The van der Waals surface area contributed by atoms with Crippen LogP contribution in [0.1, 0.15) is 9.88 Å². The van der Waals surface area contributed by atoms with E-state index in [0.29, 0.717) is 10.8 Å². The number of sulfonamides is 1. The number of nitrogens with one attached hydrogen (secondary N) is 1. The van der Waals surface area contributed by atoms with Gasteiger partial charge in [-0.2, -0.15) is 0 Å². The monoisotopic (exact) mass is 313 g/mol. The first-order valence-electron chi connectivity index (χ1n) is 5.77. The molecule has 2 rings (SSSR count). The molecule has 0 aliphatic rings. The molecular formula is C12H15N3O3S2. The van der Waals surface area contributed by atoms with Crippen molar-refractivity contribution in [1.82, 2.24) is 9.71 Å². The molecule has 0 amide bonds. The van der Waals surface area contributed by atoms with Crippen molar-refractivity contribution in [2.24, 2.45) is 0 Å². The number of aryl methyl sites for hydroxylation is 1. The maximum Gasteiger partial charge on any atom is 0.241 e. The summed E-state index contributed by atoms with van der Waals surface area (Å²) in [6.45, 7) is 2.08. The molecule has 0 spiro atoms. The van der Waals surface area contributed by atoms with E-state index in [1.807, 2.05) is 6.92 Å². The summed E-state index contributed by atoms with van der Waals surface area (Å²) in [6, 6.07) is 4.34. The lowest BCUT2D eigenvalue weighted by atomic mass is 10.3. The molecule has 0 atom stereocenters. The van der Waals surface area contributed by atoms with Gasteiger partial charge in [-0.1, -0.05) is 0 Å². The van der Waals surface area contributed by atoms with Gasteiger partial charge in [0.05, 0.1) is 24.2 Å². The van der Waals surface area contributed by atoms with Gasteiger partial charge in [0.1, 0.15) is 10.8 Å². The third-order valence-electron chi connectivity index (χ3n) is 2.59. The Kier molecular flexibility index (Phi) is 4.26. The molecule has 1 aromatic carbocycles. The zero-order valence-corrected chi connectivity index (χ0v) is 12.7. The smallest absolute Gasteiger partial charge is 0.241 e. The van der Waals surface area contributed by atoms with Gasteiger partial charge in [-0.05, 0) is 25.1 Å². The lowest BCUT2D eigenvalue weighted by Crippen LogP contribution is -2.23. The van der Waals surface area contributed by atoms with E-state index >= 15 is 0 Å². The maximum atomic E-state index is 12.1. The lowest BCUT2D eigenvalue weighted by Gasteiger charge is -2.08. The molecule has 20 heavy (non-hydrogen) atoms. The molecule has 8 heteroatoms. The largest absolute Gasteiger partial charge is 0.495 e. The quantitative estimate of drug-likeness (QED) is 0.816. The van der Waals surface area contributed by atoms with E-state index in [2.05, 4.69) is 9.71 Å². The van der Waals surface area contributed by atoms with Crippen molar-refractivity contribution in [2.45, 2.75) is 18.4 Å². The fourth-order valence-corrected chi connectivity index (χ4v) is 3.44. The summed E-state index contributed by atoms with van der Waals surface area (Å²) in [5.74, 6) is 0.444. The van der Waals surface area contributed by atoms with E-state index in [9.17, 15) is 8.42 Å². The molecule has 0 bridgehead atoms. The van der Waals surface area contributed by atoms with Crippen LogP contribution in [0.3, 0.4) is 0 Å². The Morgan fingerprint density at radius 2 is 2.20 bits per heavy atom. The highest BCUT2D eigenvalue weighted by atomic mass is 32.2. The second-order valence-electron chi connectivity index (χ2n) is 4.09. The van der Waals surface area contributed by atoms with Gasteiger partial charge in [-0.25, -0.2) is 18.1 Å². The summed E-state index contributed by atoms with van der Waals surface area (Å²) in [6.07, 6.45) is 1.71. The van der Waals surface area contributed by atoms with Gasteiger partial charge in [0, 0.05) is 11.1 Å². The Balaban J connectivity index is 2.15. The maximum absolute atomic E-state index is 12.1. The van der Waals surface area contributed by atoms with Crippen LogP contribution in [-0.4, -0.2) is 20.5 Å². The molecule has 6 nitrogen and oxygen atoms in total. The van der Waals surface area contributed by atoms with E-state index in [1.54, 1.807) is 6.20 Å². The molecule has 3 N–H and O–H groups in total. The van der Waals surface area contributed by atoms with Crippen molar-refractivity contribution >= 4 is 27.0 Å². The summed E-state index contributed by atoms with van der Waals surface area (Å²) in [7, 11) is -2.14. The molecule has 0 radical (unpaired) electrons. The standard InChI is InChI=1S/C12H15N3O3S2/c1-8-6-14-12(19-8)7-15-20(16,17)9-3-4-11(18-2)10(13)5-9/h3-6,15H,7,13H2,1-2H3. The first-order valence-corrected chi connectivity index (χ1v) is 8.07. The molecule has 0 unspecified atom stereocenters. The van der Waals surface area contributed by atoms with Crippen LogP contribution >= 0.6 is 11.3 Å². The molecule has 0 aliphatic heterocycles. The molecule has 0 saturated carbocycles. The van der Waals surface area contributed by atoms with Gasteiger partial charge >= 0.3 is 0 Å². The highest BCUT2D eigenvalue weighted by Gasteiger charge is 2.16. The van der Waals surface area contributed by atoms with Gasteiger partial charge in [-0.3, -0.25) is 0 Å². The zero-order valence-electron chi connectivity index (χ0n) is 11.1. The number of hydrogen-bond acceptors (Lipinski definition) is 6. The molecule has 108 valence electrons. The number of nitrogen functional groups attached to an aromatic ring is 1. The number of anilines is 1. The van der Waals surface area contributed by atoms with Crippen LogP contribution in [0.25, 0.3) is 0 Å². The normalized spacial score (nSPS) is 11.5. The van der Waals surface area contributed by atoms with E-state index in [4.69, 9.17) is 10.5 Å². The Morgan fingerprint density at radius 1 is 1.45 bits per heavy atom. The van der Waals surface area contributed by atoms with Crippen LogP contribution in [0, 0.1) is 6.92 Å². The van der Waals surface area contributed by atoms with E-state index in [0.717, 1.165) is 4.88 Å². The molecule has 1 heterocycles. The topological polar surface area (TPSA) is 94.3 Å². The minimum atomic E-state index is -3.62. The number of benzene rings is 1. The Bertz CT molecular complexity index is 710. The zero-order chi connectivity index (χ0) is 14.8. The van der Waals surface area contributed by atoms with Crippen LogP contribution < -0.4 is 15.2 Å². The second-order valence-corrected chi connectivity index (χ2v) is 7.18. The number of thiazole rings is 1. The Morgan fingerprint density at radius 3 is 2.75 bits per heavy atom. The number of hydrogen-bond donors (Lipinski definition) is 2. The predicted molar refractivity (Wildman–Crippen MR) is 78.3 cm³/mol. The average Bonchev–Trinajstić information content (AvgIpc) is 2.82. The number of nitrogens with zero attached hydrogens (tertiary/aromatic N) is 1. The third-order valence-corrected chi connectivity index (χ3v) is 4.91. The van der Waals surface area contributed by atoms with Crippen molar-refractivity contribution in [3.8, 4) is 5.75 Å². The SMILES string of the molecule is COc1ccc(S(=O)(=O)NCc2ncc(C)s2)cc1N. The number of aromatic nitrogens is 1. The summed E-state index contributed by atoms with van der Waals surface area (Å²) >= 11 is 1.45. The van der Waals surface area contributed by atoms with E-state index in [1.165, 1.54) is 36.6 Å². The predicted octanol–water partition coefficient (Wildman–Crippen LogP) is 1.52. The Labute approximate surface area is 121 Å². The highest BCUT2D eigenvalue weighted by Crippen LogP contribution is 2.24. The van der Waals surface area contributed by atoms with Crippen molar-refractivity contribution < 1.29 is 13.2 Å². The van der Waals surface area contributed by atoms with Gasteiger partial charge in [0.25, 0.3) is 0 Å². The highest BCUT2D eigenvalue weighted by molar-refractivity contribution is 7.89. The number of methoxy groups -OCH3 is 1. The van der Waals surface area contributed by atoms with Crippen LogP contribution in [0.15, 0.2) is 29.3 Å². The van der Waals surface area contributed by atoms with E-state index < -0.39 is 10.0 Å². The first-order chi connectivity index (χ1) is 9.42.